The lowest BCUT2D eigenvalue weighted by Gasteiger charge is -2.31. The number of hydrogen-bond donors (Lipinski definition) is 2. The van der Waals surface area contributed by atoms with Crippen molar-refractivity contribution in [1.29, 1.82) is 0 Å². The number of carbonyl (C=O) groups is 1. The van der Waals surface area contributed by atoms with Gasteiger partial charge in [-0.1, -0.05) is 24.3 Å². The minimum Gasteiger partial charge on any atom is -0.369 e. The highest BCUT2D eigenvalue weighted by Crippen LogP contribution is 2.19. The number of hydrogen-bond acceptors (Lipinski definition) is 4. The zero-order chi connectivity index (χ0) is 20.6. The van der Waals surface area contributed by atoms with Crippen LogP contribution < -0.4 is 11.1 Å². The maximum absolute atomic E-state index is 11.5. The van der Waals surface area contributed by atoms with Crippen LogP contribution in [0.1, 0.15) is 29.5 Å². The standard InChI is InChI=1S/C22H31N5OS/c1-24-22(26(2)13-19-8-10-29-16-19)25-12-17-5-3-6-18(11-17)14-27-9-4-7-20(15-27)21(23)28/h3,5-6,8,10-11,16,20H,4,7,9,12-15H2,1-2H3,(H2,23,28)(H,24,25). The molecule has 6 nitrogen and oxygen atoms in total. The van der Waals surface area contributed by atoms with E-state index >= 15 is 0 Å². The van der Waals surface area contributed by atoms with Gasteiger partial charge in [-0.25, -0.2) is 0 Å². The predicted molar refractivity (Wildman–Crippen MR) is 120 cm³/mol. The molecule has 1 aromatic carbocycles. The van der Waals surface area contributed by atoms with Gasteiger partial charge in [-0.2, -0.15) is 11.3 Å². The van der Waals surface area contributed by atoms with Crippen LogP contribution in [0.5, 0.6) is 0 Å². The van der Waals surface area contributed by atoms with Gasteiger partial charge >= 0.3 is 0 Å². The monoisotopic (exact) mass is 413 g/mol. The molecule has 1 fully saturated rings. The van der Waals surface area contributed by atoms with Crippen molar-refractivity contribution in [3.8, 4) is 0 Å². The summed E-state index contributed by atoms with van der Waals surface area (Å²) in [6.07, 6.45) is 1.94. The third-order valence-electron chi connectivity index (χ3n) is 5.33. The highest BCUT2D eigenvalue weighted by Gasteiger charge is 2.23. The highest BCUT2D eigenvalue weighted by molar-refractivity contribution is 7.07. The Balaban J connectivity index is 1.54. The topological polar surface area (TPSA) is 74.0 Å². The normalized spacial score (nSPS) is 17.9. The van der Waals surface area contributed by atoms with Crippen LogP contribution in [-0.4, -0.2) is 48.9 Å². The van der Waals surface area contributed by atoms with Crippen LogP contribution in [0.4, 0.5) is 0 Å². The Kier molecular flexibility index (Phi) is 7.66. The number of nitrogens with one attached hydrogen (secondary N) is 1. The maximum Gasteiger partial charge on any atom is 0.221 e. The van der Waals surface area contributed by atoms with Crippen molar-refractivity contribution in [1.82, 2.24) is 15.1 Å². The molecule has 1 aliphatic heterocycles. The molecule has 0 aliphatic carbocycles. The van der Waals surface area contributed by atoms with E-state index in [9.17, 15) is 4.79 Å². The molecule has 2 heterocycles. The Bertz CT molecular complexity index is 820. The van der Waals surface area contributed by atoms with Crippen LogP contribution in [0, 0.1) is 5.92 Å². The first-order valence-corrected chi connectivity index (χ1v) is 11.0. The first kappa shape index (κ1) is 21.3. The second kappa shape index (κ2) is 10.4. The lowest BCUT2D eigenvalue weighted by molar-refractivity contribution is -0.123. The van der Waals surface area contributed by atoms with Gasteiger partial charge in [0.25, 0.3) is 0 Å². The van der Waals surface area contributed by atoms with Crippen molar-refractivity contribution in [2.45, 2.75) is 32.5 Å². The molecule has 1 amide bonds. The van der Waals surface area contributed by atoms with Gasteiger partial charge in [-0.05, 0) is 52.9 Å². The molecule has 1 atom stereocenters. The number of aliphatic imine (C=N–C) groups is 1. The number of rotatable bonds is 7. The Labute approximate surface area is 177 Å². The van der Waals surface area contributed by atoms with Gasteiger partial charge < -0.3 is 16.0 Å². The molecule has 0 radical (unpaired) electrons. The van der Waals surface area contributed by atoms with E-state index in [4.69, 9.17) is 5.73 Å². The number of likely N-dealkylation sites (tertiary alicyclic amines) is 1. The van der Waals surface area contributed by atoms with Crippen molar-refractivity contribution < 1.29 is 4.79 Å². The second-order valence-electron chi connectivity index (χ2n) is 7.69. The minimum absolute atomic E-state index is 0.0179. The first-order valence-electron chi connectivity index (χ1n) is 10.1. The SMILES string of the molecule is CN=C(NCc1cccc(CN2CCCC(C(N)=O)C2)c1)N(C)Cc1ccsc1. The summed E-state index contributed by atoms with van der Waals surface area (Å²) in [5, 5.41) is 7.71. The number of thiophene rings is 1. The molecular weight excluding hydrogens is 382 g/mol. The summed E-state index contributed by atoms with van der Waals surface area (Å²) in [6.45, 7) is 4.19. The summed E-state index contributed by atoms with van der Waals surface area (Å²) in [7, 11) is 3.86. The minimum atomic E-state index is -0.175. The summed E-state index contributed by atoms with van der Waals surface area (Å²) in [4.78, 5) is 20.4. The Morgan fingerprint density at radius 2 is 2.17 bits per heavy atom. The van der Waals surface area contributed by atoms with Gasteiger partial charge in [-0.3, -0.25) is 14.7 Å². The van der Waals surface area contributed by atoms with E-state index in [2.05, 4.69) is 68.2 Å². The number of nitrogens with zero attached hydrogens (tertiary/aromatic N) is 3. The first-order chi connectivity index (χ1) is 14.0. The van der Waals surface area contributed by atoms with E-state index in [1.54, 1.807) is 11.3 Å². The van der Waals surface area contributed by atoms with Gasteiger partial charge in [0, 0.05) is 40.3 Å². The van der Waals surface area contributed by atoms with E-state index in [1.165, 1.54) is 16.7 Å². The molecule has 3 rings (SSSR count). The highest BCUT2D eigenvalue weighted by atomic mass is 32.1. The zero-order valence-electron chi connectivity index (χ0n) is 17.3. The Morgan fingerprint density at radius 3 is 2.90 bits per heavy atom. The molecule has 0 saturated carbocycles. The van der Waals surface area contributed by atoms with Crippen molar-refractivity contribution in [3.05, 3.63) is 57.8 Å². The van der Waals surface area contributed by atoms with Crippen LogP contribution in [0.25, 0.3) is 0 Å². The van der Waals surface area contributed by atoms with Crippen LogP contribution >= 0.6 is 11.3 Å². The summed E-state index contributed by atoms with van der Waals surface area (Å²) in [5.41, 5.74) is 9.28. The zero-order valence-corrected chi connectivity index (χ0v) is 18.1. The van der Waals surface area contributed by atoms with Crippen molar-refractivity contribution in [2.75, 3.05) is 27.2 Å². The van der Waals surface area contributed by atoms with E-state index in [0.717, 1.165) is 51.5 Å². The number of benzene rings is 1. The number of guanidine groups is 1. The Morgan fingerprint density at radius 1 is 1.34 bits per heavy atom. The van der Waals surface area contributed by atoms with E-state index in [-0.39, 0.29) is 11.8 Å². The van der Waals surface area contributed by atoms with Gasteiger partial charge in [0.1, 0.15) is 0 Å². The molecule has 2 aromatic rings. The largest absolute Gasteiger partial charge is 0.369 e. The van der Waals surface area contributed by atoms with E-state index in [0.29, 0.717) is 0 Å². The fourth-order valence-electron chi connectivity index (χ4n) is 3.82. The molecule has 1 unspecified atom stereocenters. The lowest BCUT2D eigenvalue weighted by Crippen LogP contribution is -2.40. The molecule has 0 bridgehead atoms. The third kappa shape index (κ3) is 6.30. The summed E-state index contributed by atoms with van der Waals surface area (Å²) in [6, 6.07) is 10.7. The molecule has 1 aliphatic rings. The van der Waals surface area contributed by atoms with Crippen molar-refractivity contribution in [3.63, 3.8) is 0 Å². The van der Waals surface area contributed by atoms with Gasteiger partial charge in [0.05, 0.1) is 5.92 Å². The van der Waals surface area contributed by atoms with Crippen LogP contribution in [-0.2, 0) is 24.4 Å². The molecule has 1 aromatic heterocycles. The molecule has 1 saturated heterocycles. The summed E-state index contributed by atoms with van der Waals surface area (Å²) >= 11 is 1.71. The molecule has 0 spiro atoms. The van der Waals surface area contributed by atoms with E-state index < -0.39 is 0 Å². The summed E-state index contributed by atoms with van der Waals surface area (Å²) < 4.78 is 0. The fraction of sp³-hybridized carbons (Fsp3) is 0.455. The average Bonchev–Trinajstić information content (AvgIpc) is 3.22. The van der Waals surface area contributed by atoms with Crippen molar-refractivity contribution in [2.24, 2.45) is 16.6 Å². The van der Waals surface area contributed by atoms with Crippen molar-refractivity contribution >= 4 is 23.2 Å². The van der Waals surface area contributed by atoms with Crippen LogP contribution in [0.3, 0.4) is 0 Å². The number of amides is 1. The fourth-order valence-corrected chi connectivity index (χ4v) is 4.48. The number of primary amides is 1. The van der Waals surface area contributed by atoms with E-state index in [1.807, 2.05) is 7.05 Å². The molecule has 156 valence electrons. The number of carbonyl (C=O) groups excluding carboxylic acids is 1. The molecule has 29 heavy (non-hydrogen) atoms. The van der Waals surface area contributed by atoms with Gasteiger partial charge in [0.15, 0.2) is 5.96 Å². The third-order valence-corrected chi connectivity index (χ3v) is 6.06. The van der Waals surface area contributed by atoms with Crippen LogP contribution in [0.15, 0.2) is 46.1 Å². The molecule has 7 heteroatoms. The number of nitrogens with two attached hydrogens (primary N) is 1. The molecular formula is C22H31N5OS. The maximum atomic E-state index is 11.5. The predicted octanol–water partition coefficient (Wildman–Crippen LogP) is 2.65. The average molecular weight is 414 g/mol. The van der Waals surface area contributed by atoms with Gasteiger partial charge in [-0.15, -0.1) is 0 Å². The number of piperidine rings is 1. The van der Waals surface area contributed by atoms with Crippen LogP contribution in [0.2, 0.25) is 0 Å². The second-order valence-corrected chi connectivity index (χ2v) is 8.47. The smallest absolute Gasteiger partial charge is 0.221 e. The quantitative estimate of drug-likeness (QED) is 0.541. The summed E-state index contributed by atoms with van der Waals surface area (Å²) in [5.74, 6) is 0.684. The molecule has 3 N–H and O–H groups in total. The Hall–Kier alpha value is -2.38. The lowest BCUT2D eigenvalue weighted by atomic mass is 9.97. The van der Waals surface area contributed by atoms with Gasteiger partial charge in [0.2, 0.25) is 5.91 Å².